The lowest BCUT2D eigenvalue weighted by molar-refractivity contribution is 0.0177. The lowest BCUT2D eigenvalue weighted by Gasteiger charge is -2.45. The fraction of sp³-hybridized carbons (Fsp3) is 0.571. The number of methoxy groups -OCH3 is 1. The van der Waals surface area contributed by atoms with Crippen molar-refractivity contribution in [2.24, 2.45) is 11.1 Å². The second-order valence-electron chi connectivity index (χ2n) is 5.20. The number of nitrogens with two attached hydrogens (primary N) is 1. The number of rotatable bonds is 4. The first-order chi connectivity index (χ1) is 8.54. The molecular formula is C14H20ClNO2. The topological polar surface area (TPSA) is 55.5 Å². The summed E-state index contributed by atoms with van der Waals surface area (Å²) < 4.78 is 5.44. The van der Waals surface area contributed by atoms with Crippen LogP contribution in [-0.4, -0.2) is 18.8 Å². The maximum Gasteiger partial charge on any atom is 0.126 e. The molecule has 2 rings (SSSR count). The molecule has 1 unspecified atom stereocenters. The van der Waals surface area contributed by atoms with Gasteiger partial charge in [-0.15, -0.1) is 0 Å². The Balaban J connectivity index is 2.43. The van der Waals surface area contributed by atoms with Gasteiger partial charge in [-0.25, -0.2) is 0 Å². The second-order valence-corrected chi connectivity index (χ2v) is 5.63. The molecule has 4 heteroatoms. The van der Waals surface area contributed by atoms with E-state index in [4.69, 9.17) is 22.1 Å². The predicted octanol–water partition coefficient (Wildman–Crippen LogP) is 2.82. The highest BCUT2D eigenvalue weighted by atomic mass is 35.5. The normalized spacial score (nSPS) is 19.2. The molecule has 100 valence electrons. The van der Waals surface area contributed by atoms with Gasteiger partial charge in [0.15, 0.2) is 0 Å². The van der Waals surface area contributed by atoms with E-state index in [2.05, 4.69) is 0 Å². The first-order valence-electron chi connectivity index (χ1n) is 6.24. The van der Waals surface area contributed by atoms with Crippen LogP contribution in [-0.2, 0) is 0 Å². The molecule has 0 bridgehead atoms. The minimum atomic E-state index is -0.233. The molecular weight excluding hydrogens is 250 g/mol. The molecule has 1 aliphatic carbocycles. The van der Waals surface area contributed by atoms with Gasteiger partial charge >= 0.3 is 0 Å². The van der Waals surface area contributed by atoms with Crippen LogP contribution in [0, 0.1) is 12.3 Å². The monoisotopic (exact) mass is 269 g/mol. The Morgan fingerprint density at radius 3 is 2.61 bits per heavy atom. The van der Waals surface area contributed by atoms with Gasteiger partial charge in [-0.05, 0) is 37.5 Å². The Labute approximate surface area is 113 Å². The summed E-state index contributed by atoms with van der Waals surface area (Å²) in [6.07, 6.45) is 3.04. The molecule has 0 saturated heterocycles. The van der Waals surface area contributed by atoms with E-state index in [1.165, 1.54) is 0 Å². The van der Waals surface area contributed by atoms with Crippen LogP contribution in [0.25, 0.3) is 0 Å². The molecule has 0 aliphatic heterocycles. The Morgan fingerprint density at radius 2 is 2.17 bits per heavy atom. The molecule has 1 aliphatic rings. The van der Waals surface area contributed by atoms with Crippen LogP contribution in [0.15, 0.2) is 12.1 Å². The Hall–Kier alpha value is -0.770. The van der Waals surface area contributed by atoms with E-state index in [-0.39, 0.29) is 18.1 Å². The zero-order valence-electron chi connectivity index (χ0n) is 10.9. The van der Waals surface area contributed by atoms with Crippen molar-refractivity contribution in [1.29, 1.82) is 0 Å². The summed E-state index contributed by atoms with van der Waals surface area (Å²) in [4.78, 5) is 0. The van der Waals surface area contributed by atoms with Gasteiger partial charge in [-0.1, -0.05) is 18.0 Å². The highest BCUT2D eigenvalue weighted by Crippen LogP contribution is 2.50. The molecule has 1 atom stereocenters. The third-order valence-electron chi connectivity index (χ3n) is 4.13. The number of hydrogen-bond acceptors (Lipinski definition) is 3. The van der Waals surface area contributed by atoms with Crippen molar-refractivity contribution in [1.82, 2.24) is 0 Å². The number of aliphatic hydroxyl groups is 1. The molecule has 0 amide bonds. The third kappa shape index (κ3) is 2.11. The van der Waals surface area contributed by atoms with E-state index in [0.29, 0.717) is 5.02 Å². The zero-order valence-corrected chi connectivity index (χ0v) is 11.6. The van der Waals surface area contributed by atoms with Crippen LogP contribution in [0.1, 0.15) is 36.4 Å². The molecule has 1 saturated carbocycles. The van der Waals surface area contributed by atoms with Crippen LogP contribution < -0.4 is 10.5 Å². The average molecular weight is 270 g/mol. The van der Waals surface area contributed by atoms with Gasteiger partial charge in [0.2, 0.25) is 0 Å². The summed E-state index contributed by atoms with van der Waals surface area (Å²) in [5.41, 5.74) is 8.03. The fourth-order valence-electron chi connectivity index (χ4n) is 2.79. The van der Waals surface area contributed by atoms with Crippen molar-refractivity contribution in [3.8, 4) is 5.75 Å². The van der Waals surface area contributed by atoms with Gasteiger partial charge in [0.1, 0.15) is 5.75 Å². The van der Waals surface area contributed by atoms with Crippen LogP contribution >= 0.6 is 11.6 Å². The number of benzene rings is 1. The summed E-state index contributed by atoms with van der Waals surface area (Å²) in [5, 5.41) is 10.3. The molecule has 3 N–H and O–H groups in total. The second kappa shape index (κ2) is 5.08. The minimum Gasteiger partial charge on any atom is -0.496 e. The van der Waals surface area contributed by atoms with Crippen LogP contribution in [0.3, 0.4) is 0 Å². The first-order valence-corrected chi connectivity index (χ1v) is 6.62. The van der Waals surface area contributed by atoms with Crippen molar-refractivity contribution >= 4 is 11.6 Å². The van der Waals surface area contributed by atoms with Gasteiger partial charge in [-0.2, -0.15) is 0 Å². The van der Waals surface area contributed by atoms with Crippen molar-refractivity contribution in [3.63, 3.8) is 0 Å². The SMILES string of the molecule is COc1c(C)cc(Cl)cc1C(N)C1(CO)CCC1. The molecule has 18 heavy (non-hydrogen) atoms. The lowest BCUT2D eigenvalue weighted by atomic mass is 9.63. The maximum absolute atomic E-state index is 9.62. The number of ether oxygens (including phenoxy) is 1. The van der Waals surface area contributed by atoms with E-state index in [1.807, 2.05) is 19.1 Å². The van der Waals surface area contributed by atoms with Crippen molar-refractivity contribution < 1.29 is 9.84 Å². The highest BCUT2D eigenvalue weighted by Gasteiger charge is 2.43. The van der Waals surface area contributed by atoms with E-state index in [1.54, 1.807) is 7.11 Å². The van der Waals surface area contributed by atoms with Crippen molar-refractivity contribution in [3.05, 3.63) is 28.3 Å². The standard InChI is InChI=1S/C14H20ClNO2/c1-9-6-10(15)7-11(12(9)18-2)13(16)14(8-17)4-3-5-14/h6-7,13,17H,3-5,8,16H2,1-2H3. The van der Waals surface area contributed by atoms with E-state index in [9.17, 15) is 5.11 Å². The Morgan fingerprint density at radius 1 is 1.50 bits per heavy atom. The van der Waals surface area contributed by atoms with E-state index in [0.717, 1.165) is 36.1 Å². The van der Waals surface area contributed by atoms with E-state index < -0.39 is 0 Å². The van der Waals surface area contributed by atoms with Gasteiger partial charge < -0.3 is 15.6 Å². The van der Waals surface area contributed by atoms with Gasteiger partial charge in [-0.3, -0.25) is 0 Å². The highest BCUT2D eigenvalue weighted by molar-refractivity contribution is 6.30. The third-order valence-corrected chi connectivity index (χ3v) is 4.35. The number of aliphatic hydroxyl groups excluding tert-OH is 1. The van der Waals surface area contributed by atoms with E-state index >= 15 is 0 Å². The van der Waals surface area contributed by atoms with Crippen molar-refractivity contribution in [2.45, 2.75) is 32.2 Å². The maximum atomic E-state index is 9.62. The Bertz CT molecular complexity index is 438. The largest absolute Gasteiger partial charge is 0.496 e. The molecule has 1 aromatic carbocycles. The zero-order chi connectivity index (χ0) is 13.3. The number of hydrogen-bond donors (Lipinski definition) is 2. The van der Waals surface area contributed by atoms with Crippen LogP contribution in [0.2, 0.25) is 5.02 Å². The summed E-state index contributed by atoms with van der Waals surface area (Å²) in [5.74, 6) is 0.784. The summed E-state index contributed by atoms with van der Waals surface area (Å²) in [7, 11) is 1.64. The lowest BCUT2D eigenvalue weighted by Crippen LogP contribution is -2.43. The summed E-state index contributed by atoms with van der Waals surface area (Å²) in [6, 6.07) is 3.49. The first kappa shape index (κ1) is 13.7. The van der Waals surface area contributed by atoms with Gasteiger partial charge in [0.25, 0.3) is 0 Å². The number of aryl methyl sites for hydroxylation is 1. The molecule has 0 radical (unpaired) electrons. The summed E-state index contributed by atoms with van der Waals surface area (Å²) >= 11 is 6.10. The van der Waals surface area contributed by atoms with Crippen LogP contribution in [0.4, 0.5) is 0 Å². The molecule has 0 spiro atoms. The van der Waals surface area contributed by atoms with Gasteiger partial charge in [0.05, 0.1) is 13.7 Å². The average Bonchev–Trinajstić information content (AvgIpc) is 2.27. The number of halogens is 1. The quantitative estimate of drug-likeness (QED) is 0.884. The molecule has 1 fully saturated rings. The van der Waals surface area contributed by atoms with Gasteiger partial charge in [0, 0.05) is 22.0 Å². The summed E-state index contributed by atoms with van der Waals surface area (Å²) in [6.45, 7) is 2.07. The Kier molecular flexibility index (Phi) is 3.85. The molecule has 3 nitrogen and oxygen atoms in total. The molecule has 0 heterocycles. The smallest absolute Gasteiger partial charge is 0.126 e. The fourth-order valence-corrected chi connectivity index (χ4v) is 3.08. The van der Waals surface area contributed by atoms with Crippen molar-refractivity contribution in [2.75, 3.05) is 13.7 Å². The van der Waals surface area contributed by atoms with Crippen LogP contribution in [0.5, 0.6) is 5.75 Å². The minimum absolute atomic E-state index is 0.114. The predicted molar refractivity (Wildman–Crippen MR) is 73.0 cm³/mol. The molecule has 1 aromatic rings. The molecule has 0 aromatic heterocycles.